The van der Waals surface area contributed by atoms with E-state index in [-0.39, 0.29) is 0 Å². The Morgan fingerprint density at radius 1 is 1.67 bits per heavy atom. The third-order valence-corrected chi connectivity index (χ3v) is 1.22. The van der Waals surface area contributed by atoms with Crippen molar-refractivity contribution < 1.29 is 17.4 Å². The predicted octanol–water partition coefficient (Wildman–Crippen LogP) is -0.493. The van der Waals surface area contributed by atoms with Crippen LogP contribution in [0.5, 0.6) is 0 Å². The van der Waals surface area contributed by atoms with Crippen LogP contribution in [0, 0.1) is 0 Å². The summed E-state index contributed by atoms with van der Waals surface area (Å²) in [6.07, 6.45) is 0.0453. The molecule has 0 aliphatic carbocycles. The maximum Gasteiger partial charge on any atom is 0.257 e. The second kappa shape index (κ2) is 4.46. The Bertz CT molecular complexity index is 143. The van der Waals surface area contributed by atoms with Gasteiger partial charge in [0, 0.05) is 0 Å². The molecule has 0 radical (unpaired) electrons. The summed E-state index contributed by atoms with van der Waals surface area (Å²) in [5, 5.41) is 0. The molecule has 0 aromatic carbocycles. The van der Waals surface area contributed by atoms with E-state index in [0.717, 1.165) is 0 Å². The van der Waals surface area contributed by atoms with Crippen molar-refractivity contribution in [3.63, 3.8) is 0 Å². The minimum absolute atomic E-state index is 0.382. The summed E-state index contributed by atoms with van der Waals surface area (Å²) in [7, 11) is -2.88. The van der Waals surface area contributed by atoms with Crippen LogP contribution in [-0.2, 0) is 20.0 Å². The van der Waals surface area contributed by atoms with Crippen molar-refractivity contribution in [3.05, 3.63) is 0 Å². The van der Waals surface area contributed by atoms with Crippen molar-refractivity contribution in [3.8, 4) is 0 Å². The van der Waals surface area contributed by atoms with Crippen LogP contribution in [0.2, 0.25) is 0 Å². The third kappa shape index (κ3) is 4.11. The second-order valence-electron chi connectivity index (χ2n) is 1.41. The van der Waals surface area contributed by atoms with E-state index in [2.05, 4.69) is 4.18 Å². The first-order valence-electron chi connectivity index (χ1n) is 2.47. The van der Waals surface area contributed by atoms with Gasteiger partial charge >= 0.3 is 0 Å². The molecule has 0 saturated carbocycles. The van der Waals surface area contributed by atoms with Crippen LogP contribution in [0.4, 0.5) is 0 Å². The van der Waals surface area contributed by atoms with Gasteiger partial charge in [0.05, 0.1) is 0 Å². The minimum atomic E-state index is -2.88. The van der Waals surface area contributed by atoms with Crippen LogP contribution in [0.25, 0.3) is 0 Å². The molecule has 4 nitrogen and oxygen atoms in total. The fourth-order valence-corrected chi connectivity index (χ4v) is 0.726. The van der Waals surface area contributed by atoms with E-state index in [9.17, 15) is 13.2 Å². The molecule has 0 aliphatic heterocycles. The van der Waals surface area contributed by atoms with Gasteiger partial charge in [-0.2, -0.15) is 0 Å². The van der Waals surface area contributed by atoms with Crippen molar-refractivity contribution in [2.45, 2.75) is 19.4 Å². The molecule has 1 unspecified atom stereocenters. The van der Waals surface area contributed by atoms with Crippen molar-refractivity contribution in [1.29, 1.82) is 0 Å². The number of hydrogen-bond acceptors (Lipinski definition) is 4. The smallest absolute Gasteiger partial charge is 0.257 e. The normalized spacial score (nSPS) is 13.6. The summed E-state index contributed by atoms with van der Waals surface area (Å²) < 4.78 is 23.7. The summed E-state index contributed by atoms with van der Waals surface area (Å²) in [5.74, 6) is 0. The Kier molecular flexibility index (Phi) is 4.25. The summed E-state index contributed by atoms with van der Waals surface area (Å²) in [6.45, 7) is 1.66. The van der Waals surface area contributed by atoms with Crippen LogP contribution in [-0.4, -0.2) is 20.8 Å². The lowest BCUT2D eigenvalue weighted by Gasteiger charge is -1.99. The van der Waals surface area contributed by atoms with Gasteiger partial charge in [-0.05, 0) is 6.42 Å². The van der Waals surface area contributed by atoms with E-state index in [1.807, 2.05) is 0 Å². The van der Waals surface area contributed by atoms with Crippen molar-refractivity contribution in [2.24, 2.45) is 0 Å². The standard InChI is InChI=1S/C4H8O4S/c1-2-4(3-5)8-9(6)7/h3-4,9H,2H2,1H3. The molecule has 0 saturated heterocycles. The zero-order chi connectivity index (χ0) is 7.28. The number of rotatable bonds is 4. The molecule has 0 aliphatic rings. The molecule has 0 bridgehead atoms. The van der Waals surface area contributed by atoms with E-state index in [1.54, 1.807) is 6.92 Å². The van der Waals surface area contributed by atoms with Gasteiger partial charge in [-0.3, -0.25) is 4.18 Å². The molecule has 0 spiro atoms. The first kappa shape index (κ1) is 8.58. The molecule has 0 rings (SSSR count). The Balaban J connectivity index is 3.69. The highest BCUT2D eigenvalue weighted by Crippen LogP contribution is 1.91. The zero-order valence-corrected chi connectivity index (χ0v) is 5.84. The molecule has 0 N–H and O–H groups in total. The lowest BCUT2D eigenvalue weighted by atomic mass is 10.3. The number of thiol groups is 1. The lowest BCUT2D eigenvalue weighted by molar-refractivity contribution is -0.113. The van der Waals surface area contributed by atoms with Crippen LogP contribution in [0.1, 0.15) is 13.3 Å². The van der Waals surface area contributed by atoms with Gasteiger partial charge in [-0.15, -0.1) is 0 Å². The highest BCUT2D eigenvalue weighted by Gasteiger charge is 2.03. The highest BCUT2D eigenvalue weighted by molar-refractivity contribution is 7.67. The first-order chi connectivity index (χ1) is 4.20. The van der Waals surface area contributed by atoms with Crippen LogP contribution >= 0.6 is 0 Å². The molecule has 54 valence electrons. The molecular weight excluding hydrogens is 144 g/mol. The molecule has 0 aromatic heterocycles. The SMILES string of the molecule is CCC(C=O)O[SH](=O)=O. The Labute approximate surface area is 55.0 Å². The van der Waals surface area contributed by atoms with Gasteiger partial charge in [0.25, 0.3) is 11.0 Å². The molecule has 0 aromatic rings. The van der Waals surface area contributed by atoms with Crippen molar-refractivity contribution in [1.82, 2.24) is 0 Å². The number of aldehydes is 1. The average molecular weight is 152 g/mol. The van der Waals surface area contributed by atoms with E-state index < -0.39 is 17.1 Å². The minimum Gasteiger partial charge on any atom is -0.300 e. The van der Waals surface area contributed by atoms with Gasteiger partial charge in [0.2, 0.25) is 0 Å². The van der Waals surface area contributed by atoms with Gasteiger partial charge < -0.3 is 4.79 Å². The van der Waals surface area contributed by atoms with Crippen LogP contribution < -0.4 is 0 Å². The fourth-order valence-electron chi connectivity index (χ4n) is 0.306. The van der Waals surface area contributed by atoms with E-state index >= 15 is 0 Å². The molecule has 0 amide bonds. The van der Waals surface area contributed by atoms with Gasteiger partial charge in [0.15, 0.2) is 0 Å². The maximum atomic E-state index is 9.88. The van der Waals surface area contributed by atoms with Crippen LogP contribution in [0.15, 0.2) is 0 Å². The Morgan fingerprint density at radius 3 is 2.33 bits per heavy atom. The maximum absolute atomic E-state index is 9.88. The molecule has 0 fully saturated rings. The monoisotopic (exact) mass is 152 g/mol. The van der Waals surface area contributed by atoms with Gasteiger partial charge in [0.1, 0.15) is 12.4 Å². The summed E-state index contributed by atoms with van der Waals surface area (Å²) in [6, 6.07) is 0. The highest BCUT2D eigenvalue weighted by atomic mass is 32.2. The van der Waals surface area contributed by atoms with E-state index in [1.165, 1.54) is 0 Å². The van der Waals surface area contributed by atoms with Crippen LogP contribution in [0.3, 0.4) is 0 Å². The number of hydrogen-bond donors (Lipinski definition) is 1. The third-order valence-electron chi connectivity index (χ3n) is 0.776. The molecule has 9 heavy (non-hydrogen) atoms. The first-order valence-corrected chi connectivity index (χ1v) is 3.56. The van der Waals surface area contributed by atoms with E-state index in [0.29, 0.717) is 12.7 Å². The lowest BCUT2D eigenvalue weighted by Crippen LogP contribution is -2.11. The largest absolute Gasteiger partial charge is 0.300 e. The molecule has 5 heteroatoms. The summed E-state index contributed by atoms with van der Waals surface area (Å²) in [5.41, 5.74) is 0. The average Bonchev–Trinajstić information content (AvgIpc) is 1.82. The predicted molar refractivity (Wildman–Crippen MR) is 31.5 cm³/mol. The zero-order valence-electron chi connectivity index (χ0n) is 4.94. The number of carbonyl (C=O) groups is 1. The summed E-state index contributed by atoms with van der Waals surface area (Å²) in [4.78, 5) is 9.88. The Hall–Kier alpha value is -0.420. The van der Waals surface area contributed by atoms with E-state index in [4.69, 9.17) is 0 Å². The topological polar surface area (TPSA) is 60.4 Å². The Morgan fingerprint density at radius 2 is 2.22 bits per heavy atom. The van der Waals surface area contributed by atoms with Crippen molar-refractivity contribution >= 4 is 17.3 Å². The van der Waals surface area contributed by atoms with Crippen molar-refractivity contribution in [2.75, 3.05) is 0 Å². The quantitative estimate of drug-likeness (QED) is 0.436. The van der Waals surface area contributed by atoms with Gasteiger partial charge in [-0.25, -0.2) is 8.42 Å². The molecule has 1 atom stereocenters. The summed E-state index contributed by atoms with van der Waals surface area (Å²) >= 11 is 0. The fraction of sp³-hybridized carbons (Fsp3) is 0.750. The number of carbonyl (C=O) groups excluding carboxylic acids is 1. The molecular formula is C4H8O4S. The molecule has 0 heterocycles. The van der Waals surface area contributed by atoms with Gasteiger partial charge in [-0.1, -0.05) is 6.92 Å². The second-order valence-corrected chi connectivity index (χ2v) is 2.07.